The van der Waals surface area contributed by atoms with E-state index in [2.05, 4.69) is 15.4 Å². The lowest BCUT2D eigenvalue weighted by Gasteiger charge is -2.01. The molecule has 23 heavy (non-hydrogen) atoms. The lowest BCUT2D eigenvalue weighted by Crippen LogP contribution is -2.23. The van der Waals surface area contributed by atoms with Crippen LogP contribution in [0.15, 0.2) is 29.1 Å². The Balaban J connectivity index is 1.90. The normalized spacial score (nSPS) is 10.7. The summed E-state index contributed by atoms with van der Waals surface area (Å²) in [4.78, 5) is 27.8. The highest BCUT2D eigenvalue weighted by molar-refractivity contribution is 7.22. The molecule has 0 radical (unpaired) electrons. The number of fused-ring (bicyclic) bond motifs is 1. The number of hydrogen-bond acceptors (Lipinski definition) is 6. The van der Waals surface area contributed by atoms with E-state index in [0.717, 1.165) is 9.38 Å². The average molecular weight is 351 g/mol. The summed E-state index contributed by atoms with van der Waals surface area (Å²) in [7, 11) is 3.01. The number of aryl methyl sites for hydroxylation is 1. The van der Waals surface area contributed by atoms with Crippen LogP contribution in [0.25, 0.3) is 10.2 Å². The molecule has 0 aliphatic carbocycles. The van der Waals surface area contributed by atoms with Crippen molar-refractivity contribution in [2.75, 3.05) is 12.4 Å². The molecule has 118 valence electrons. The predicted molar refractivity (Wildman–Crippen MR) is 88.6 cm³/mol. The SMILES string of the molecule is COc1cc2sc(NC(=O)c3ccc(=O)n(C)n3)nc2cc1Cl. The minimum absolute atomic E-state index is 0.127. The van der Waals surface area contributed by atoms with Crippen LogP contribution in [0.3, 0.4) is 0 Å². The molecule has 2 aromatic heterocycles. The van der Waals surface area contributed by atoms with Gasteiger partial charge in [-0.05, 0) is 12.1 Å². The van der Waals surface area contributed by atoms with E-state index in [0.29, 0.717) is 21.4 Å². The molecule has 0 atom stereocenters. The maximum absolute atomic E-state index is 12.2. The van der Waals surface area contributed by atoms with E-state index < -0.39 is 5.91 Å². The number of rotatable bonds is 3. The second-order valence-electron chi connectivity index (χ2n) is 4.61. The highest BCUT2D eigenvalue weighted by atomic mass is 35.5. The van der Waals surface area contributed by atoms with E-state index in [1.165, 1.54) is 37.6 Å². The van der Waals surface area contributed by atoms with Gasteiger partial charge in [0, 0.05) is 19.2 Å². The number of nitrogens with one attached hydrogen (secondary N) is 1. The fraction of sp³-hybridized carbons (Fsp3) is 0.143. The van der Waals surface area contributed by atoms with Crippen LogP contribution in [0.5, 0.6) is 5.75 Å². The molecule has 1 amide bonds. The zero-order valence-corrected chi connectivity index (χ0v) is 13.7. The minimum atomic E-state index is -0.447. The summed E-state index contributed by atoms with van der Waals surface area (Å²) in [6.45, 7) is 0. The number of thiazole rings is 1. The standard InChI is InChI=1S/C14H11ClN4O3S/c1-19-12(20)4-3-8(18-19)13(21)17-14-16-9-5-7(15)10(22-2)6-11(9)23-14/h3-6H,1-2H3,(H,16,17,21). The van der Waals surface area contributed by atoms with E-state index in [-0.39, 0.29) is 11.3 Å². The van der Waals surface area contributed by atoms with Crippen LogP contribution in [-0.2, 0) is 7.05 Å². The Hall–Kier alpha value is -2.45. The number of methoxy groups -OCH3 is 1. The smallest absolute Gasteiger partial charge is 0.277 e. The van der Waals surface area contributed by atoms with E-state index >= 15 is 0 Å². The molecule has 3 aromatic rings. The lowest BCUT2D eigenvalue weighted by molar-refractivity contribution is 0.102. The van der Waals surface area contributed by atoms with Crippen LogP contribution >= 0.6 is 22.9 Å². The van der Waals surface area contributed by atoms with Gasteiger partial charge in [0.05, 0.1) is 22.3 Å². The van der Waals surface area contributed by atoms with Crippen LogP contribution in [0.1, 0.15) is 10.5 Å². The summed E-state index contributed by atoms with van der Waals surface area (Å²) in [6, 6.07) is 6.08. The van der Waals surface area contributed by atoms with Gasteiger partial charge in [0.2, 0.25) is 0 Å². The Labute approximate surface area is 139 Å². The van der Waals surface area contributed by atoms with Crippen LogP contribution in [0.4, 0.5) is 5.13 Å². The highest BCUT2D eigenvalue weighted by Gasteiger charge is 2.13. The Morgan fingerprint density at radius 3 is 2.87 bits per heavy atom. The van der Waals surface area contributed by atoms with Crippen molar-refractivity contribution in [2.24, 2.45) is 7.05 Å². The number of amides is 1. The van der Waals surface area contributed by atoms with Crippen molar-refractivity contribution in [1.29, 1.82) is 0 Å². The summed E-state index contributed by atoms with van der Waals surface area (Å²) in [6.07, 6.45) is 0. The molecule has 0 unspecified atom stereocenters. The quantitative estimate of drug-likeness (QED) is 0.783. The maximum atomic E-state index is 12.2. The van der Waals surface area contributed by atoms with Crippen molar-refractivity contribution in [2.45, 2.75) is 0 Å². The van der Waals surface area contributed by atoms with E-state index in [1.54, 1.807) is 12.1 Å². The van der Waals surface area contributed by atoms with Crippen molar-refractivity contribution >= 4 is 44.2 Å². The molecule has 7 nitrogen and oxygen atoms in total. The molecule has 0 saturated carbocycles. The first-order valence-electron chi connectivity index (χ1n) is 6.47. The average Bonchev–Trinajstić information content (AvgIpc) is 2.89. The van der Waals surface area contributed by atoms with Crippen LogP contribution < -0.4 is 15.6 Å². The summed E-state index contributed by atoms with van der Waals surface area (Å²) in [5.74, 6) is 0.0955. The number of carbonyl (C=O) groups is 1. The number of nitrogens with zero attached hydrogens (tertiary/aromatic N) is 3. The molecule has 0 fully saturated rings. The Kier molecular flexibility index (Phi) is 4.01. The third-order valence-electron chi connectivity index (χ3n) is 3.08. The zero-order chi connectivity index (χ0) is 16.6. The van der Waals surface area contributed by atoms with Gasteiger partial charge in [-0.1, -0.05) is 22.9 Å². The molecular weight excluding hydrogens is 340 g/mol. The first-order valence-corrected chi connectivity index (χ1v) is 7.67. The van der Waals surface area contributed by atoms with Crippen molar-refractivity contribution in [3.05, 3.63) is 45.3 Å². The monoisotopic (exact) mass is 350 g/mol. The largest absolute Gasteiger partial charge is 0.495 e. The van der Waals surface area contributed by atoms with Gasteiger partial charge in [-0.2, -0.15) is 5.10 Å². The second kappa shape index (κ2) is 5.98. The van der Waals surface area contributed by atoms with Gasteiger partial charge in [-0.25, -0.2) is 9.67 Å². The number of carbonyl (C=O) groups excluding carboxylic acids is 1. The van der Waals surface area contributed by atoms with E-state index in [4.69, 9.17) is 16.3 Å². The number of anilines is 1. The molecule has 0 spiro atoms. The summed E-state index contributed by atoms with van der Waals surface area (Å²) in [5.41, 5.74) is 0.495. The molecule has 0 saturated heterocycles. The zero-order valence-electron chi connectivity index (χ0n) is 12.2. The van der Waals surface area contributed by atoms with Crippen LogP contribution in [0.2, 0.25) is 5.02 Å². The van der Waals surface area contributed by atoms with Crippen LogP contribution in [0, 0.1) is 0 Å². The summed E-state index contributed by atoms with van der Waals surface area (Å²) in [5, 5.41) is 7.40. The number of halogens is 1. The third-order valence-corrected chi connectivity index (χ3v) is 4.30. The molecule has 0 bridgehead atoms. The fourth-order valence-corrected chi connectivity index (χ4v) is 3.03. The fourth-order valence-electron chi connectivity index (χ4n) is 1.92. The first kappa shape index (κ1) is 15.4. The molecule has 0 aliphatic heterocycles. The number of aromatic nitrogens is 3. The van der Waals surface area contributed by atoms with Crippen molar-refractivity contribution < 1.29 is 9.53 Å². The maximum Gasteiger partial charge on any atom is 0.277 e. The second-order valence-corrected chi connectivity index (χ2v) is 6.05. The molecule has 3 rings (SSSR count). The molecule has 0 aliphatic rings. The number of benzene rings is 1. The van der Waals surface area contributed by atoms with Crippen molar-refractivity contribution in [3.8, 4) is 5.75 Å². The molecule has 1 N–H and O–H groups in total. The number of ether oxygens (including phenoxy) is 1. The van der Waals surface area contributed by atoms with Gasteiger partial charge in [0.15, 0.2) is 5.13 Å². The Morgan fingerprint density at radius 2 is 2.17 bits per heavy atom. The highest BCUT2D eigenvalue weighted by Crippen LogP contribution is 2.34. The van der Waals surface area contributed by atoms with Gasteiger partial charge in [-0.15, -0.1) is 0 Å². The molecule has 1 aromatic carbocycles. The lowest BCUT2D eigenvalue weighted by atomic mass is 10.3. The van der Waals surface area contributed by atoms with E-state index in [1.807, 2.05) is 0 Å². The predicted octanol–water partition coefficient (Wildman–Crippen LogP) is 2.30. The van der Waals surface area contributed by atoms with Gasteiger partial charge in [0.1, 0.15) is 11.4 Å². The third kappa shape index (κ3) is 3.03. The van der Waals surface area contributed by atoms with Gasteiger partial charge < -0.3 is 4.74 Å². The topological polar surface area (TPSA) is 86.1 Å². The number of hydrogen-bond donors (Lipinski definition) is 1. The summed E-state index contributed by atoms with van der Waals surface area (Å²) < 4.78 is 7.08. The first-order chi connectivity index (χ1) is 11.0. The molecule has 9 heteroatoms. The van der Waals surface area contributed by atoms with Crippen molar-refractivity contribution in [3.63, 3.8) is 0 Å². The Morgan fingerprint density at radius 1 is 1.39 bits per heavy atom. The van der Waals surface area contributed by atoms with Gasteiger partial charge in [0.25, 0.3) is 11.5 Å². The van der Waals surface area contributed by atoms with Crippen molar-refractivity contribution in [1.82, 2.24) is 14.8 Å². The van der Waals surface area contributed by atoms with E-state index in [9.17, 15) is 9.59 Å². The minimum Gasteiger partial charge on any atom is -0.495 e. The Bertz CT molecular complexity index is 966. The van der Waals surface area contributed by atoms with Gasteiger partial charge in [-0.3, -0.25) is 14.9 Å². The van der Waals surface area contributed by atoms with Gasteiger partial charge >= 0.3 is 0 Å². The summed E-state index contributed by atoms with van der Waals surface area (Å²) >= 11 is 7.34. The molecule has 2 heterocycles. The van der Waals surface area contributed by atoms with Crippen LogP contribution in [-0.4, -0.2) is 27.8 Å². The molecular formula is C14H11ClN4O3S.